The van der Waals surface area contributed by atoms with Crippen LogP contribution in [0.3, 0.4) is 0 Å². The van der Waals surface area contributed by atoms with E-state index in [0.29, 0.717) is 30.4 Å². The highest BCUT2D eigenvalue weighted by Gasteiger charge is 2.33. The molecule has 1 heterocycles. The Hall–Kier alpha value is -1.50. The molecule has 2 aromatic rings. The summed E-state index contributed by atoms with van der Waals surface area (Å²) in [5.41, 5.74) is 6.56. The molecule has 1 aromatic heterocycles. The van der Waals surface area contributed by atoms with E-state index in [9.17, 15) is 9.90 Å². The maximum absolute atomic E-state index is 11.2. The van der Waals surface area contributed by atoms with E-state index in [1.54, 1.807) is 0 Å². The molecule has 0 spiro atoms. The van der Waals surface area contributed by atoms with E-state index in [-0.39, 0.29) is 5.82 Å². The number of H-pyrrole nitrogens is 1. The Kier molecular flexibility index (Phi) is 5.16. The third kappa shape index (κ3) is 3.29. The van der Waals surface area contributed by atoms with Crippen LogP contribution in [0.25, 0.3) is 11.0 Å². The molecule has 0 aliphatic carbocycles. The number of anilines is 1. The topological polar surface area (TPSA) is 95.2 Å². The highest BCUT2D eigenvalue weighted by molar-refractivity contribution is 6.18. The Morgan fingerprint density at radius 3 is 2.59 bits per heavy atom. The van der Waals surface area contributed by atoms with Gasteiger partial charge in [-0.1, -0.05) is 0 Å². The van der Waals surface area contributed by atoms with Crippen molar-refractivity contribution in [3.8, 4) is 0 Å². The molecule has 8 heteroatoms. The number of hydrogen-bond acceptors (Lipinski definition) is 4. The van der Waals surface area contributed by atoms with Crippen LogP contribution in [0, 0.1) is 0 Å². The molecule has 22 heavy (non-hydrogen) atoms. The number of aromatic nitrogens is 2. The zero-order chi connectivity index (χ0) is 16.3. The molecule has 0 bridgehead atoms. The number of nitrogens with zero attached hydrogens (tertiary/aromatic N) is 2. The van der Waals surface area contributed by atoms with E-state index in [1.165, 1.54) is 6.92 Å². The minimum absolute atomic E-state index is 0.216. The smallest absolute Gasteiger partial charge is 0.331 e. The fourth-order valence-corrected chi connectivity index (χ4v) is 2.52. The lowest BCUT2D eigenvalue weighted by Gasteiger charge is -2.22. The van der Waals surface area contributed by atoms with Crippen LogP contribution in [-0.2, 0) is 10.3 Å². The van der Waals surface area contributed by atoms with Crippen LogP contribution in [-0.4, -0.2) is 45.9 Å². The van der Waals surface area contributed by atoms with Gasteiger partial charge in [-0.05, 0) is 25.1 Å². The lowest BCUT2D eigenvalue weighted by Crippen LogP contribution is -2.42. The summed E-state index contributed by atoms with van der Waals surface area (Å²) in [5.74, 6) is 0.0533. The van der Waals surface area contributed by atoms with E-state index >= 15 is 0 Å². The fraction of sp³-hybridized carbons (Fsp3) is 0.429. The van der Waals surface area contributed by atoms with Gasteiger partial charge in [0.1, 0.15) is 5.82 Å². The summed E-state index contributed by atoms with van der Waals surface area (Å²) in [4.78, 5) is 20.5. The van der Waals surface area contributed by atoms with E-state index in [2.05, 4.69) is 14.9 Å². The summed E-state index contributed by atoms with van der Waals surface area (Å²) < 4.78 is 0. The maximum Gasteiger partial charge on any atom is 0.331 e. The second-order valence-electron chi connectivity index (χ2n) is 5.16. The SMILES string of the molecule is CC(N)(C(=O)O)c1nc2ccc(N(CCCl)CCCl)cc2[nH]1. The highest BCUT2D eigenvalue weighted by atomic mass is 35.5. The molecule has 6 nitrogen and oxygen atoms in total. The molecule has 1 aromatic carbocycles. The molecule has 1 unspecified atom stereocenters. The molecule has 0 saturated carbocycles. The Morgan fingerprint density at radius 1 is 1.41 bits per heavy atom. The normalized spacial score (nSPS) is 14.0. The number of fused-ring (bicyclic) bond motifs is 1. The van der Waals surface area contributed by atoms with Crippen molar-refractivity contribution in [3.63, 3.8) is 0 Å². The summed E-state index contributed by atoms with van der Waals surface area (Å²) in [6.07, 6.45) is 0. The van der Waals surface area contributed by atoms with Gasteiger partial charge in [0.05, 0.1) is 11.0 Å². The zero-order valence-corrected chi connectivity index (χ0v) is 13.7. The van der Waals surface area contributed by atoms with Crippen LogP contribution in [0.5, 0.6) is 0 Å². The first kappa shape index (κ1) is 16.9. The lowest BCUT2D eigenvalue weighted by molar-refractivity contribution is -0.143. The molecular formula is C14H18Cl2N4O2. The van der Waals surface area contributed by atoms with Crippen molar-refractivity contribution in [1.29, 1.82) is 0 Å². The highest BCUT2D eigenvalue weighted by Crippen LogP contribution is 2.24. The van der Waals surface area contributed by atoms with Gasteiger partial charge in [-0.2, -0.15) is 0 Å². The van der Waals surface area contributed by atoms with E-state index in [0.717, 1.165) is 11.2 Å². The van der Waals surface area contributed by atoms with Crippen molar-refractivity contribution in [2.24, 2.45) is 5.73 Å². The predicted molar refractivity (Wildman–Crippen MR) is 88.9 cm³/mol. The number of alkyl halides is 2. The molecule has 4 N–H and O–H groups in total. The third-order valence-electron chi connectivity index (χ3n) is 3.48. The van der Waals surface area contributed by atoms with Gasteiger partial charge in [0.15, 0.2) is 5.54 Å². The van der Waals surface area contributed by atoms with Gasteiger partial charge in [0.2, 0.25) is 0 Å². The number of rotatable bonds is 7. The first-order valence-corrected chi connectivity index (χ1v) is 7.86. The number of nitrogens with two attached hydrogens (primary N) is 1. The second-order valence-corrected chi connectivity index (χ2v) is 5.92. The molecule has 1 atom stereocenters. The number of carboxylic acids is 1. The van der Waals surface area contributed by atoms with Crippen LogP contribution in [0.15, 0.2) is 18.2 Å². The first-order valence-electron chi connectivity index (χ1n) is 6.79. The third-order valence-corrected chi connectivity index (χ3v) is 3.81. The van der Waals surface area contributed by atoms with Crippen molar-refractivity contribution >= 4 is 45.9 Å². The summed E-state index contributed by atoms with van der Waals surface area (Å²) >= 11 is 11.6. The predicted octanol–water partition coefficient (Wildman–Crippen LogP) is 2.11. The van der Waals surface area contributed by atoms with Crippen LogP contribution in [0.4, 0.5) is 5.69 Å². The van der Waals surface area contributed by atoms with Gasteiger partial charge < -0.3 is 20.7 Å². The Balaban J connectivity index is 2.40. The minimum Gasteiger partial charge on any atom is -0.480 e. The van der Waals surface area contributed by atoms with Crippen LogP contribution in [0.2, 0.25) is 0 Å². The molecule has 0 saturated heterocycles. The zero-order valence-electron chi connectivity index (χ0n) is 12.1. The standard InChI is InChI=1S/C14H18Cl2N4O2/c1-14(17,13(21)22)12-18-10-3-2-9(8-11(10)19-12)20(6-4-15)7-5-16/h2-3,8H,4-7,17H2,1H3,(H,18,19)(H,21,22). The molecular weight excluding hydrogens is 327 g/mol. The van der Waals surface area contributed by atoms with E-state index in [4.69, 9.17) is 28.9 Å². The molecule has 2 rings (SSSR count). The van der Waals surface area contributed by atoms with Gasteiger partial charge in [-0.3, -0.25) is 0 Å². The Morgan fingerprint density at radius 2 is 2.05 bits per heavy atom. The summed E-state index contributed by atoms with van der Waals surface area (Å²) in [6.45, 7) is 2.75. The molecule has 0 aliphatic heterocycles. The fourth-order valence-electron chi connectivity index (χ4n) is 2.12. The first-order chi connectivity index (χ1) is 10.4. The Labute approximate surface area is 138 Å². The van der Waals surface area contributed by atoms with Crippen LogP contribution >= 0.6 is 23.2 Å². The number of carboxylic acid groups (broad SMARTS) is 1. The number of carbonyl (C=O) groups is 1. The van der Waals surface area contributed by atoms with E-state index in [1.807, 2.05) is 18.2 Å². The van der Waals surface area contributed by atoms with Gasteiger partial charge in [-0.25, -0.2) is 9.78 Å². The van der Waals surface area contributed by atoms with Crippen molar-refractivity contribution in [1.82, 2.24) is 9.97 Å². The number of aliphatic carboxylic acids is 1. The maximum atomic E-state index is 11.2. The number of nitrogens with one attached hydrogen (secondary N) is 1. The number of aromatic amines is 1. The van der Waals surface area contributed by atoms with Crippen molar-refractivity contribution in [2.45, 2.75) is 12.5 Å². The van der Waals surface area contributed by atoms with Crippen molar-refractivity contribution < 1.29 is 9.90 Å². The lowest BCUT2D eigenvalue weighted by atomic mass is 10.0. The van der Waals surface area contributed by atoms with Gasteiger partial charge in [-0.15, -0.1) is 23.2 Å². The monoisotopic (exact) mass is 344 g/mol. The largest absolute Gasteiger partial charge is 0.480 e. The average molecular weight is 345 g/mol. The van der Waals surface area contributed by atoms with Gasteiger partial charge in [0.25, 0.3) is 0 Å². The van der Waals surface area contributed by atoms with Crippen molar-refractivity contribution in [3.05, 3.63) is 24.0 Å². The number of benzene rings is 1. The number of halogens is 2. The van der Waals surface area contributed by atoms with Gasteiger partial charge in [0, 0.05) is 30.5 Å². The number of hydrogen-bond donors (Lipinski definition) is 3. The number of imidazole rings is 1. The minimum atomic E-state index is -1.56. The van der Waals surface area contributed by atoms with Crippen LogP contribution < -0.4 is 10.6 Å². The average Bonchev–Trinajstić information content (AvgIpc) is 2.90. The molecule has 0 fully saturated rings. The van der Waals surface area contributed by atoms with Crippen molar-refractivity contribution in [2.75, 3.05) is 29.7 Å². The summed E-state index contributed by atoms with van der Waals surface area (Å²) in [5, 5.41) is 9.18. The van der Waals surface area contributed by atoms with Gasteiger partial charge >= 0.3 is 5.97 Å². The quantitative estimate of drug-likeness (QED) is 0.668. The molecule has 0 aliphatic rings. The Bertz CT molecular complexity index is 666. The molecule has 0 radical (unpaired) electrons. The van der Waals surface area contributed by atoms with E-state index < -0.39 is 11.5 Å². The second kappa shape index (κ2) is 6.73. The summed E-state index contributed by atoms with van der Waals surface area (Å²) in [6, 6.07) is 5.61. The summed E-state index contributed by atoms with van der Waals surface area (Å²) in [7, 11) is 0. The van der Waals surface area contributed by atoms with Crippen LogP contribution in [0.1, 0.15) is 12.7 Å². The molecule has 120 valence electrons. The molecule has 0 amide bonds.